The summed E-state index contributed by atoms with van der Waals surface area (Å²) in [6, 6.07) is 0. The van der Waals surface area contributed by atoms with Crippen molar-refractivity contribution >= 4 is 0 Å². The lowest BCUT2D eigenvalue weighted by atomic mass is 9.69. The smallest absolute Gasteiger partial charge is 0.00689 e. The summed E-state index contributed by atoms with van der Waals surface area (Å²) in [4.78, 5) is 0. The zero-order valence-corrected chi connectivity index (χ0v) is 9.84. The first-order valence-electron chi connectivity index (χ1n) is 5.86. The van der Waals surface area contributed by atoms with Crippen LogP contribution in [-0.2, 0) is 0 Å². The highest BCUT2D eigenvalue weighted by molar-refractivity contribution is 5.11. The van der Waals surface area contributed by atoms with Crippen molar-refractivity contribution in [2.75, 3.05) is 0 Å². The van der Waals surface area contributed by atoms with E-state index in [0.717, 1.165) is 0 Å². The van der Waals surface area contributed by atoms with Crippen molar-refractivity contribution in [2.45, 2.75) is 64.5 Å². The lowest BCUT2D eigenvalue weighted by Gasteiger charge is -2.47. The maximum Gasteiger partial charge on any atom is 0.00689 e. The van der Waals surface area contributed by atoms with Crippen LogP contribution in [0, 0.1) is 17.0 Å². The van der Waals surface area contributed by atoms with E-state index in [9.17, 15) is 5.21 Å². The van der Waals surface area contributed by atoms with Gasteiger partial charge in [-0.2, -0.15) is 0 Å². The minimum absolute atomic E-state index is 0.144. The van der Waals surface area contributed by atoms with E-state index in [4.69, 9.17) is 0 Å². The second kappa shape index (κ2) is 2.96. The van der Waals surface area contributed by atoms with Crippen LogP contribution in [0.5, 0.6) is 0 Å². The van der Waals surface area contributed by atoms with Crippen molar-refractivity contribution in [3.8, 4) is 0 Å². The third kappa shape index (κ3) is 1.17. The van der Waals surface area contributed by atoms with Crippen molar-refractivity contribution in [3.05, 3.63) is 5.21 Å². The summed E-state index contributed by atoms with van der Waals surface area (Å²) < 4.78 is 0. The Balaban J connectivity index is 2.34. The zero-order valence-electron chi connectivity index (χ0n) is 9.84. The zero-order chi connectivity index (χ0) is 10.6. The van der Waals surface area contributed by atoms with Crippen LogP contribution in [0.4, 0.5) is 0 Å². The fraction of sp³-hybridized carbons (Fsp3) is 1.00. The highest BCUT2D eigenvalue weighted by Gasteiger charge is 2.53. The number of hydrogen-bond acceptors (Lipinski definition) is 2. The van der Waals surface area contributed by atoms with E-state index in [1.165, 1.54) is 30.7 Å². The molecule has 14 heavy (non-hydrogen) atoms. The molecule has 0 amide bonds. The molecule has 2 fully saturated rings. The van der Waals surface area contributed by atoms with E-state index < -0.39 is 0 Å². The number of hydroxylamine groups is 2. The van der Waals surface area contributed by atoms with Gasteiger partial charge in [0.25, 0.3) is 0 Å². The van der Waals surface area contributed by atoms with Crippen LogP contribution >= 0.6 is 0 Å². The molecular formula is C12H22NO-. The number of hydrogen-bond donors (Lipinski definition) is 0. The molecule has 1 saturated heterocycles. The summed E-state index contributed by atoms with van der Waals surface area (Å²) in [6.45, 7) is 8.49. The molecule has 2 unspecified atom stereocenters. The van der Waals surface area contributed by atoms with Gasteiger partial charge >= 0.3 is 0 Å². The van der Waals surface area contributed by atoms with Crippen LogP contribution in [0.25, 0.3) is 0 Å². The fourth-order valence-electron chi connectivity index (χ4n) is 3.87. The van der Waals surface area contributed by atoms with Crippen molar-refractivity contribution in [1.82, 2.24) is 5.06 Å². The Bertz CT molecular complexity index is 210. The van der Waals surface area contributed by atoms with Gasteiger partial charge in [-0.1, -0.05) is 12.8 Å². The van der Waals surface area contributed by atoms with Gasteiger partial charge in [0, 0.05) is 11.1 Å². The van der Waals surface area contributed by atoms with Crippen molar-refractivity contribution in [2.24, 2.45) is 11.8 Å². The third-order valence-electron chi connectivity index (χ3n) is 4.63. The Kier molecular flexibility index (Phi) is 2.20. The molecule has 1 saturated carbocycles. The minimum atomic E-state index is -0.144. The fourth-order valence-corrected chi connectivity index (χ4v) is 3.87. The van der Waals surface area contributed by atoms with Gasteiger partial charge in [0.1, 0.15) is 0 Å². The predicted octanol–water partition coefficient (Wildman–Crippen LogP) is 3.16. The Morgan fingerprint density at radius 3 is 1.64 bits per heavy atom. The Hall–Kier alpha value is -0.0800. The van der Waals surface area contributed by atoms with Gasteiger partial charge in [-0.05, 0) is 52.4 Å². The first-order chi connectivity index (χ1) is 6.38. The summed E-state index contributed by atoms with van der Waals surface area (Å²) in [5.74, 6) is 1.23. The molecule has 0 aromatic carbocycles. The van der Waals surface area contributed by atoms with Gasteiger partial charge in [-0.25, -0.2) is 0 Å². The quantitative estimate of drug-likeness (QED) is 0.595. The van der Waals surface area contributed by atoms with E-state index in [1.807, 2.05) is 0 Å². The van der Waals surface area contributed by atoms with Crippen LogP contribution in [0.15, 0.2) is 0 Å². The molecule has 0 aromatic heterocycles. The van der Waals surface area contributed by atoms with Gasteiger partial charge in [-0.15, -0.1) is 0 Å². The molecule has 0 spiro atoms. The summed E-state index contributed by atoms with van der Waals surface area (Å²) in [6.07, 6.45) is 5.13. The van der Waals surface area contributed by atoms with Crippen molar-refractivity contribution in [3.63, 3.8) is 0 Å². The average Bonchev–Trinajstić information content (AvgIpc) is 2.28. The summed E-state index contributed by atoms with van der Waals surface area (Å²) in [5.41, 5.74) is -0.289. The third-order valence-corrected chi connectivity index (χ3v) is 4.63. The van der Waals surface area contributed by atoms with Crippen LogP contribution < -0.4 is 0 Å². The van der Waals surface area contributed by atoms with Crippen LogP contribution in [0.3, 0.4) is 0 Å². The van der Waals surface area contributed by atoms with Crippen molar-refractivity contribution < 1.29 is 0 Å². The van der Waals surface area contributed by atoms with E-state index in [-0.39, 0.29) is 11.1 Å². The van der Waals surface area contributed by atoms with Crippen LogP contribution in [0.1, 0.15) is 53.4 Å². The number of rotatable bonds is 0. The molecule has 2 atom stereocenters. The highest BCUT2D eigenvalue weighted by Crippen LogP contribution is 2.54. The van der Waals surface area contributed by atoms with Crippen LogP contribution in [0.2, 0.25) is 0 Å². The molecule has 0 N–H and O–H groups in total. The van der Waals surface area contributed by atoms with E-state index in [2.05, 4.69) is 27.7 Å². The second-order valence-electron chi connectivity index (χ2n) is 6.10. The lowest BCUT2D eigenvalue weighted by Crippen LogP contribution is -2.46. The first kappa shape index (κ1) is 10.4. The summed E-state index contributed by atoms with van der Waals surface area (Å²) in [5, 5.41) is 13.6. The minimum Gasteiger partial charge on any atom is -0.784 e. The molecule has 2 rings (SSSR count). The molecule has 0 aromatic rings. The monoisotopic (exact) mass is 196 g/mol. The van der Waals surface area contributed by atoms with Gasteiger partial charge in [0.05, 0.1) is 0 Å². The van der Waals surface area contributed by atoms with Gasteiger partial charge < -0.3 is 10.3 Å². The molecule has 2 heteroatoms. The maximum atomic E-state index is 12.2. The summed E-state index contributed by atoms with van der Waals surface area (Å²) in [7, 11) is 0. The SMILES string of the molecule is CC1(C)C2CCCCC2C(C)(C)N1[O-]. The van der Waals surface area contributed by atoms with Crippen LogP contribution in [-0.4, -0.2) is 16.1 Å². The van der Waals surface area contributed by atoms with E-state index >= 15 is 0 Å². The number of nitrogens with zero attached hydrogens (tertiary/aromatic N) is 1. The summed E-state index contributed by atoms with van der Waals surface area (Å²) >= 11 is 0. The topological polar surface area (TPSA) is 26.3 Å². The largest absolute Gasteiger partial charge is 0.784 e. The Morgan fingerprint density at radius 1 is 0.929 bits per heavy atom. The van der Waals surface area contributed by atoms with E-state index in [0.29, 0.717) is 11.8 Å². The second-order valence-corrected chi connectivity index (χ2v) is 6.10. The molecule has 1 heterocycles. The molecule has 82 valence electrons. The Morgan fingerprint density at radius 2 is 1.29 bits per heavy atom. The first-order valence-corrected chi connectivity index (χ1v) is 5.86. The lowest BCUT2D eigenvalue weighted by molar-refractivity contribution is 0.122. The maximum absolute atomic E-state index is 12.2. The standard InChI is InChI=1S/C12H22NO/c1-11(2)9-7-5-6-8-10(9)12(3,4)13(11)14/h9-10H,5-8H2,1-4H3/q-1. The van der Waals surface area contributed by atoms with Gasteiger partial charge in [0.15, 0.2) is 0 Å². The molecule has 0 bridgehead atoms. The predicted molar refractivity (Wildman–Crippen MR) is 58.8 cm³/mol. The molecule has 1 aliphatic heterocycles. The van der Waals surface area contributed by atoms with E-state index in [1.54, 1.807) is 0 Å². The van der Waals surface area contributed by atoms with Gasteiger partial charge in [-0.3, -0.25) is 0 Å². The average molecular weight is 196 g/mol. The molecule has 0 radical (unpaired) electrons. The van der Waals surface area contributed by atoms with Crippen molar-refractivity contribution in [1.29, 1.82) is 0 Å². The Labute approximate surface area is 87.3 Å². The molecule has 1 aliphatic carbocycles. The molecule has 2 aliphatic rings. The molecular weight excluding hydrogens is 174 g/mol. The number of fused-ring (bicyclic) bond motifs is 1. The highest BCUT2D eigenvalue weighted by atomic mass is 16.5. The van der Waals surface area contributed by atoms with Gasteiger partial charge in [0.2, 0.25) is 0 Å². The molecule has 2 nitrogen and oxygen atoms in total. The normalized spacial score (nSPS) is 40.9.